The van der Waals surface area contributed by atoms with Gasteiger partial charge in [-0.3, -0.25) is 4.79 Å². The molecule has 2 aromatic carbocycles. The van der Waals surface area contributed by atoms with Crippen molar-refractivity contribution in [2.45, 2.75) is 6.54 Å². The molecule has 6 heteroatoms. The number of carbonyl (C=O) groups is 1. The lowest BCUT2D eigenvalue weighted by Crippen LogP contribution is -2.22. The molecule has 0 saturated carbocycles. The number of nitrogens with one attached hydrogen (secondary N) is 2. The lowest BCUT2D eigenvalue weighted by atomic mass is 10.2. The van der Waals surface area contributed by atoms with Gasteiger partial charge in [-0.25, -0.2) is 0 Å². The molecule has 1 heterocycles. The Labute approximate surface area is 146 Å². The number of rotatable bonds is 5. The fourth-order valence-corrected chi connectivity index (χ4v) is 2.45. The first-order chi connectivity index (χ1) is 11.2. The van der Waals surface area contributed by atoms with E-state index in [4.69, 9.17) is 9.47 Å². The van der Waals surface area contributed by atoms with Crippen LogP contribution in [0.1, 0.15) is 16.1 Å². The molecule has 0 fully saturated rings. The molecule has 2 N–H and O–H groups in total. The van der Waals surface area contributed by atoms with Crippen LogP contribution in [0.25, 0.3) is 10.9 Å². The van der Waals surface area contributed by atoms with Crippen LogP contribution in [0.4, 0.5) is 0 Å². The number of H-pyrrole nitrogens is 1. The highest BCUT2D eigenvalue weighted by Crippen LogP contribution is 2.32. The summed E-state index contributed by atoms with van der Waals surface area (Å²) in [6.45, 7) is 0.488. The first-order valence-corrected chi connectivity index (χ1v) is 7.28. The van der Waals surface area contributed by atoms with Crippen molar-refractivity contribution < 1.29 is 14.3 Å². The Bertz CT molecular complexity index is 790. The number of ether oxygens (including phenoxy) is 2. The Kier molecular flexibility index (Phi) is 5.71. The minimum absolute atomic E-state index is 0. The summed E-state index contributed by atoms with van der Waals surface area (Å²) in [5.41, 5.74) is 2.39. The minimum Gasteiger partial charge on any atom is -0.493 e. The van der Waals surface area contributed by atoms with Gasteiger partial charge >= 0.3 is 0 Å². The number of hydrogen-bond donors (Lipinski definition) is 2. The lowest BCUT2D eigenvalue weighted by molar-refractivity contribution is 0.0946. The molecule has 1 amide bonds. The maximum Gasteiger partial charge on any atom is 0.267 e. The Morgan fingerprint density at radius 2 is 1.71 bits per heavy atom. The average molecular weight is 347 g/mol. The number of aromatic nitrogens is 1. The quantitative estimate of drug-likeness (QED) is 0.742. The van der Waals surface area contributed by atoms with Gasteiger partial charge in [0, 0.05) is 23.5 Å². The summed E-state index contributed by atoms with van der Waals surface area (Å²) < 4.78 is 10.6. The van der Waals surface area contributed by atoms with Crippen LogP contribution in [0, 0.1) is 0 Å². The highest BCUT2D eigenvalue weighted by Gasteiger charge is 2.12. The van der Waals surface area contributed by atoms with Crippen LogP contribution in [-0.2, 0) is 6.54 Å². The van der Waals surface area contributed by atoms with E-state index in [1.807, 2.05) is 42.5 Å². The largest absolute Gasteiger partial charge is 0.493 e. The van der Waals surface area contributed by atoms with Gasteiger partial charge in [0.25, 0.3) is 5.91 Å². The number of hydrogen-bond acceptors (Lipinski definition) is 3. The highest BCUT2D eigenvalue weighted by atomic mass is 35.5. The molecule has 3 rings (SSSR count). The maximum atomic E-state index is 12.3. The van der Waals surface area contributed by atoms with Crippen LogP contribution in [0.15, 0.2) is 48.5 Å². The Morgan fingerprint density at radius 3 is 2.38 bits per heavy atom. The second kappa shape index (κ2) is 7.75. The smallest absolute Gasteiger partial charge is 0.267 e. The van der Waals surface area contributed by atoms with E-state index in [1.165, 1.54) is 0 Å². The number of fused-ring (bicyclic) bond motifs is 1. The van der Waals surface area contributed by atoms with Crippen molar-refractivity contribution in [2.24, 2.45) is 0 Å². The van der Waals surface area contributed by atoms with E-state index in [-0.39, 0.29) is 18.3 Å². The average Bonchev–Trinajstić information content (AvgIpc) is 3.02. The van der Waals surface area contributed by atoms with Gasteiger partial charge in [-0.15, -0.1) is 12.4 Å². The van der Waals surface area contributed by atoms with Gasteiger partial charge in [0.2, 0.25) is 0 Å². The minimum atomic E-state index is -0.150. The van der Waals surface area contributed by atoms with Crippen LogP contribution in [0.2, 0.25) is 0 Å². The lowest BCUT2D eigenvalue weighted by Gasteiger charge is -2.06. The number of methoxy groups -OCH3 is 2. The van der Waals surface area contributed by atoms with Crippen molar-refractivity contribution in [3.05, 3.63) is 59.8 Å². The van der Waals surface area contributed by atoms with Crippen molar-refractivity contribution in [3.63, 3.8) is 0 Å². The third-order valence-corrected chi connectivity index (χ3v) is 3.67. The van der Waals surface area contributed by atoms with Gasteiger partial charge in [-0.1, -0.05) is 30.3 Å². The van der Waals surface area contributed by atoms with Gasteiger partial charge in [-0.2, -0.15) is 0 Å². The van der Waals surface area contributed by atoms with E-state index >= 15 is 0 Å². The van der Waals surface area contributed by atoms with Crippen LogP contribution >= 0.6 is 12.4 Å². The predicted molar refractivity (Wildman–Crippen MR) is 96.3 cm³/mol. The van der Waals surface area contributed by atoms with Crippen LogP contribution in [0.3, 0.4) is 0 Å². The zero-order valence-electron chi connectivity index (χ0n) is 13.5. The Balaban J connectivity index is 0.00000208. The van der Waals surface area contributed by atoms with E-state index in [1.54, 1.807) is 20.3 Å². The Morgan fingerprint density at radius 1 is 1.04 bits per heavy atom. The van der Waals surface area contributed by atoms with E-state index in [0.717, 1.165) is 16.5 Å². The maximum absolute atomic E-state index is 12.3. The van der Waals surface area contributed by atoms with Crippen molar-refractivity contribution in [3.8, 4) is 11.5 Å². The van der Waals surface area contributed by atoms with E-state index < -0.39 is 0 Å². The van der Waals surface area contributed by atoms with Gasteiger partial charge in [0.15, 0.2) is 11.5 Å². The molecule has 3 aromatic rings. The summed E-state index contributed by atoms with van der Waals surface area (Å²) in [5, 5.41) is 3.80. The molecular weight excluding hydrogens is 328 g/mol. The first kappa shape index (κ1) is 17.7. The van der Waals surface area contributed by atoms with Crippen LogP contribution < -0.4 is 14.8 Å². The van der Waals surface area contributed by atoms with Gasteiger partial charge in [-0.05, 0) is 17.7 Å². The molecule has 0 aliphatic rings. The molecule has 0 unspecified atom stereocenters. The topological polar surface area (TPSA) is 63.3 Å². The first-order valence-electron chi connectivity index (χ1n) is 7.28. The van der Waals surface area contributed by atoms with Gasteiger partial charge in [0.05, 0.1) is 14.2 Å². The molecule has 0 saturated heterocycles. The molecule has 0 spiro atoms. The SMILES string of the molecule is COc1cc2cc(C(=O)NCc3ccccc3)[nH]c2cc1OC.Cl. The van der Waals surface area contributed by atoms with Crippen molar-refractivity contribution in [1.82, 2.24) is 10.3 Å². The van der Waals surface area contributed by atoms with Crippen LogP contribution in [0.5, 0.6) is 11.5 Å². The zero-order valence-corrected chi connectivity index (χ0v) is 14.3. The second-order valence-corrected chi connectivity index (χ2v) is 5.15. The number of carbonyl (C=O) groups excluding carboxylic acids is 1. The summed E-state index contributed by atoms with van der Waals surface area (Å²) in [6.07, 6.45) is 0. The monoisotopic (exact) mass is 346 g/mol. The summed E-state index contributed by atoms with van der Waals surface area (Å²) in [6, 6.07) is 15.3. The summed E-state index contributed by atoms with van der Waals surface area (Å²) in [4.78, 5) is 15.4. The van der Waals surface area contributed by atoms with Crippen molar-refractivity contribution >= 4 is 29.2 Å². The molecule has 24 heavy (non-hydrogen) atoms. The van der Waals surface area contributed by atoms with E-state index in [2.05, 4.69) is 10.3 Å². The van der Waals surface area contributed by atoms with E-state index in [0.29, 0.717) is 23.7 Å². The molecule has 0 aliphatic heterocycles. The highest BCUT2D eigenvalue weighted by molar-refractivity contribution is 5.98. The Hall–Kier alpha value is -2.66. The molecule has 0 atom stereocenters. The molecule has 5 nitrogen and oxygen atoms in total. The van der Waals surface area contributed by atoms with Crippen molar-refractivity contribution in [2.75, 3.05) is 14.2 Å². The second-order valence-electron chi connectivity index (χ2n) is 5.15. The predicted octanol–water partition coefficient (Wildman–Crippen LogP) is 3.54. The van der Waals surface area contributed by atoms with E-state index in [9.17, 15) is 4.79 Å². The fraction of sp³-hybridized carbons (Fsp3) is 0.167. The molecular formula is C18H19ClN2O3. The fourth-order valence-electron chi connectivity index (χ4n) is 2.45. The molecule has 126 valence electrons. The van der Waals surface area contributed by atoms with Gasteiger partial charge < -0.3 is 19.8 Å². The standard InChI is InChI=1S/C18H18N2O3.ClH/c1-22-16-9-13-8-15(20-14(13)10-17(16)23-2)18(21)19-11-12-6-4-3-5-7-12;/h3-10,20H,11H2,1-2H3,(H,19,21);1H. The number of aromatic amines is 1. The molecule has 0 bridgehead atoms. The summed E-state index contributed by atoms with van der Waals surface area (Å²) >= 11 is 0. The molecule has 0 aliphatic carbocycles. The number of benzene rings is 2. The number of halogens is 1. The van der Waals surface area contributed by atoms with Gasteiger partial charge in [0.1, 0.15) is 5.69 Å². The summed E-state index contributed by atoms with van der Waals surface area (Å²) in [5.74, 6) is 1.11. The molecule has 1 aromatic heterocycles. The van der Waals surface area contributed by atoms with Crippen molar-refractivity contribution in [1.29, 1.82) is 0 Å². The summed E-state index contributed by atoms with van der Waals surface area (Å²) in [7, 11) is 3.17. The number of amides is 1. The molecule has 0 radical (unpaired) electrons. The van der Waals surface area contributed by atoms with Crippen LogP contribution in [-0.4, -0.2) is 25.1 Å². The normalized spacial score (nSPS) is 10.1. The third-order valence-electron chi connectivity index (χ3n) is 3.67. The zero-order chi connectivity index (χ0) is 16.2. The third kappa shape index (κ3) is 3.63.